The summed E-state index contributed by atoms with van der Waals surface area (Å²) in [5.41, 5.74) is 7.97. The molecular weight excluding hydrogens is 121 g/mol. The van der Waals surface area contributed by atoms with E-state index < -0.39 is 0 Å². The van der Waals surface area contributed by atoms with Gasteiger partial charge >= 0.3 is 0 Å². The normalized spacial score (nSPS) is 27.2. The van der Waals surface area contributed by atoms with Crippen LogP contribution >= 0.6 is 8.20 Å². The maximum Gasteiger partial charge on any atom is 0.0487 e. The lowest BCUT2D eigenvalue weighted by molar-refractivity contribution is 0.802. The summed E-state index contributed by atoms with van der Waals surface area (Å²) in [6.07, 6.45) is 1.98. The second kappa shape index (κ2) is 2.71. The van der Waals surface area contributed by atoms with Gasteiger partial charge in [0.2, 0.25) is 0 Å². The van der Waals surface area contributed by atoms with Gasteiger partial charge < -0.3 is 0 Å². The number of azide groups is 1. The fourth-order valence-electron chi connectivity index (χ4n) is 0.624. The van der Waals surface area contributed by atoms with E-state index in [0.29, 0.717) is 0 Å². The summed E-state index contributed by atoms with van der Waals surface area (Å²) in [6.45, 7) is 0. The SMILES string of the molecule is [N-]=[N+]=NC1CC=PC1. The van der Waals surface area contributed by atoms with Crippen LogP contribution in [0.15, 0.2) is 5.11 Å². The first kappa shape index (κ1) is 5.61. The Bertz CT molecular complexity index is 139. The highest BCUT2D eigenvalue weighted by Gasteiger charge is 2.05. The van der Waals surface area contributed by atoms with Gasteiger partial charge in [-0.1, -0.05) is 10.9 Å². The maximum absolute atomic E-state index is 7.97. The highest BCUT2D eigenvalue weighted by Crippen LogP contribution is 2.13. The highest BCUT2D eigenvalue weighted by molar-refractivity contribution is 7.39. The average molecular weight is 127 g/mol. The van der Waals surface area contributed by atoms with Crippen LogP contribution in [0.1, 0.15) is 6.42 Å². The molecule has 1 aliphatic rings. The van der Waals surface area contributed by atoms with Crippen molar-refractivity contribution in [2.75, 3.05) is 6.16 Å². The molecule has 0 amide bonds. The van der Waals surface area contributed by atoms with Gasteiger partial charge in [0, 0.05) is 11.0 Å². The zero-order valence-corrected chi connectivity index (χ0v) is 5.25. The zero-order valence-electron chi connectivity index (χ0n) is 4.36. The molecule has 42 valence electrons. The predicted molar refractivity (Wildman–Crippen MR) is 35.4 cm³/mol. The molecule has 0 bridgehead atoms. The minimum Gasteiger partial charge on any atom is -0.109 e. The second-order valence-electron chi connectivity index (χ2n) is 1.64. The van der Waals surface area contributed by atoms with E-state index in [1.807, 2.05) is 0 Å². The van der Waals surface area contributed by atoms with Gasteiger partial charge in [0.25, 0.3) is 0 Å². The van der Waals surface area contributed by atoms with Gasteiger partial charge in [-0.25, -0.2) is 0 Å². The van der Waals surface area contributed by atoms with Crippen LogP contribution in [-0.4, -0.2) is 18.0 Å². The van der Waals surface area contributed by atoms with Crippen molar-refractivity contribution >= 4 is 14.0 Å². The molecule has 0 radical (unpaired) electrons. The van der Waals surface area contributed by atoms with Crippen molar-refractivity contribution in [3.05, 3.63) is 10.4 Å². The molecule has 0 N–H and O–H groups in total. The van der Waals surface area contributed by atoms with Crippen LogP contribution in [0.4, 0.5) is 0 Å². The third-order valence-corrected chi connectivity index (χ3v) is 2.14. The Morgan fingerprint density at radius 2 is 2.75 bits per heavy atom. The number of hydrogen-bond donors (Lipinski definition) is 0. The van der Waals surface area contributed by atoms with Crippen molar-refractivity contribution in [2.24, 2.45) is 5.11 Å². The van der Waals surface area contributed by atoms with E-state index in [2.05, 4.69) is 15.8 Å². The third kappa shape index (κ3) is 1.22. The Balaban J connectivity index is 2.40. The van der Waals surface area contributed by atoms with Gasteiger partial charge in [-0.2, -0.15) is 0 Å². The van der Waals surface area contributed by atoms with Crippen molar-refractivity contribution in [3.63, 3.8) is 0 Å². The monoisotopic (exact) mass is 127 g/mol. The van der Waals surface area contributed by atoms with E-state index in [1.165, 1.54) is 8.20 Å². The highest BCUT2D eigenvalue weighted by atomic mass is 31.1. The van der Waals surface area contributed by atoms with Gasteiger partial charge in [0.05, 0.1) is 0 Å². The van der Waals surface area contributed by atoms with Crippen molar-refractivity contribution in [3.8, 4) is 0 Å². The van der Waals surface area contributed by atoms with Gasteiger partial charge in [0.15, 0.2) is 0 Å². The summed E-state index contributed by atoms with van der Waals surface area (Å²) in [6, 6.07) is 0.252. The molecule has 1 heterocycles. The van der Waals surface area contributed by atoms with E-state index in [1.54, 1.807) is 0 Å². The second-order valence-corrected chi connectivity index (χ2v) is 2.74. The van der Waals surface area contributed by atoms with Gasteiger partial charge in [-0.05, 0) is 18.1 Å². The Labute approximate surface area is 49.1 Å². The molecule has 1 aliphatic heterocycles. The molecule has 0 aromatic heterocycles. The van der Waals surface area contributed by atoms with Crippen molar-refractivity contribution in [1.82, 2.24) is 0 Å². The topological polar surface area (TPSA) is 48.8 Å². The average Bonchev–Trinajstić information content (AvgIpc) is 2.19. The molecule has 3 nitrogen and oxygen atoms in total. The predicted octanol–water partition coefficient (Wildman–Crippen LogP) is 1.82. The summed E-state index contributed by atoms with van der Waals surface area (Å²) >= 11 is 0. The molecule has 0 aromatic rings. The molecule has 0 spiro atoms. The lowest BCUT2D eigenvalue weighted by Crippen LogP contribution is -1.98. The molecule has 0 saturated carbocycles. The fraction of sp³-hybridized carbons (Fsp3) is 0.750. The number of nitrogens with zero attached hydrogens (tertiary/aromatic N) is 3. The Morgan fingerprint density at radius 3 is 3.25 bits per heavy atom. The van der Waals surface area contributed by atoms with Crippen LogP contribution in [0.5, 0.6) is 0 Å². The summed E-state index contributed by atoms with van der Waals surface area (Å²) in [4.78, 5) is 2.72. The molecule has 4 heteroatoms. The van der Waals surface area contributed by atoms with Crippen LogP contribution in [0.25, 0.3) is 10.4 Å². The van der Waals surface area contributed by atoms with Crippen LogP contribution in [0.2, 0.25) is 0 Å². The first-order valence-electron chi connectivity index (χ1n) is 2.46. The van der Waals surface area contributed by atoms with Crippen molar-refractivity contribution in [2.45, 2.75) is 12.5 Å². The maximum atomic E-state index is 7.97. The zero-order chi connectivity index (χ0) is 5.82. The van der Waals surface area contributed by atoms with Crippen LogP contribution in [0.3, 0.4) is 0 Å². The van der Waals surface area contributed by atoms with E-state index >= 15 is 0 Å². The molecule has 1 unspecified atom stereocenters. The lowest BCUT2D eigenvalue weighted by Gasteiger charge is -1.92. The summed E-state index contributed by atoms with van der Waals surface area (Å²) in [5.74, 6) is 2.14. The minimum atomic E-state index is 0.252. The van der Waals surface area contributed by atoms with Gasteiger partial charge in [0.1, 0.15) is 0 Å². The molecule has 0 aromatic carbocycles. The number of hydrogen-bond acceptors (Lipinski definition) is 1. The molecule has 1 atom stereocenters. The summed E-state index contributed by atoms with van der Waals surface area (Å²) in [5, 5.41) is 3.57. The van der Waals surface area contributed by atoms with Crippen LogP contribution in [0, 0.1) is 0 Å². The van der Waals surface area contributed by atoms with Gasteiger partial charge in [-0.3, -0.25) is 0 Å². The number of rotatable bonds is 1. The molecule has 0 aliphatic carbocycles. The smallest absolute Gasteiger partial charge is 0.0487 e. The van der Waals surface area contributed by atoms with Crippen molar-refractivity contribution in [1.29, 1.82) is 0 Å². The lowest BCUT2D eigenvalue weighted by atomic mass is 10.3. The van der Waals surface area contributed by atoms with Crippen LogP contribution in [-0.2, 0) is 0 Å². The molecule has 8 heavy (non-hydrogen) atoms. The quantitative estimate of drug-likeness (QED) is 0.223. The third-order valence-electron chi connectivity index (χ3n) is 1.04. The molecule has 1 rings (SSSR count). The molecule has 0 fully saturated rings. The summed E-state index contributed by atoms with van der Waals surface area (Å²) < 4.78 is 0. The van der Waals surface area contributed by atoms with Crippen LogP contribution < -0.4 is 0 Å². The minimum absolute atomic E-state index is 0.252. The van der Waals surface area contributed by atoms with E-state index in [4.69, 9.17) is 5.53 Å². The van der Waals surface area contributed by atoms with Crippen molar-refractivity contribution < 1.29 is 0 Å². The van der Waals surface area contributed by atoms with E-state index in [9.17, 15) is 0 Å². The van der Waals surface area contributed by atoms with E-state index in [-0.39, 0.29) is 6.04 Å². The molecular formula is C4H6N3P. The standard InChI is InChI=1S/C4H6N3P/c5-7-6-4-1-2-8-3-4/h2,4H,1,3H2. The largest absolute Gasteiger partial charge is 0.109 e. The first-order valence-corrected chi connectivity index (χ1v) is 3.61. The Morgan fingerprint density at radius 1 is 1.88 bits per heavy atom. The fourth-order valence-corrected chi connectivity index (χ4v) is 1.63. The summed E-state index contributed by atoms with van der Waals surface area (Å²) in [7, 11) is 1.32. The van der Waals surface area contributed by atoms with Gasteiger partial charge in [-0.15, -0.1) is 8.20 Å². The molecule has 0 saturated heterocycles. The Kier molecular flexibility index (Phi) is 1.90. The first-order chi connectivity index (χ1) is 3.93. The van der Waals surface area contributed by atoms with E-state index in [0.717, 1.165) is 12.6 Å². The Hall–Kier alpha value is -0.520.